The molecule has 0 aliphatic rings. The van der Waals surface area contributed by atoms with Crippen molar-refractivity contribution in [3.05, 3.63) is 47.0 Å². The monoisotopic (exact) mass is 306 g/mol. The number of hydrogen-bond donors (Lipinski definition) is 1. The fourth-order valence-electron chi connectivity index (χ4n) is 2.23. The zero-order valence-corrected chi connectivity index (χ0v) is 13.7. The summed E-state index contributed by atoms with van der Waals surface area (Å²) in [4.78, 5) is 6.47. The van der Waals surface area contributed by atoms with E-state index in [0.29, 0.717) is 0 Å². The molecule has 0 aliphatic heterocycles. The van der Waals surface area contributed by atoms with Gasteiger partial charge in [-0.15, -0.1) is 0 Å². The number of halogens is 1. The van der Waals surface area contributed by atoms with Crippen LogP contribution in [0.5, 0.6) is 0 Å². The average Bonchev–Trinajstić information content (AvgIpc) is 2.84. The van der Waals surface area contributed by atoms with E-state index in [1.807, 2.05) is 37.1 Å². The minimum atomic E-state index is 0.733. The van der Waals surface area contributed by atoms with E-state index < -0.39 is 0 Å². The lowest BCUT2D eigenvalue weighted by Crippen LogP contribution is -2.19. The highest BCUT2D eigenvalue weighted by Gasteiger charge is 2.09. The molecule has 2 rings (SSSR count). The maximum atomic E-state index is 6.42. The molecule has 4 nitrogen and oxygen atoms in total. The van der Waals surface area contributed by atoms with Gasteiger partial charge in [0.05, 0.1) is 17.3 Å². The number of rotatable bonds is 7. The van der Waals surface area contributed by atoms with Crippen molar-refractivity contribution in [2.45, 2.75) is 26.4 Å². The number of aryl methyl sites for hydroxylation is 1. The summed E-state index contributed by atoms with van der Waals surface area (Å²) in [5.74, 6) is 1.02. The van der Waals surface area contributed by atoms with Crippen molar-refractivity contribution in [3.63, 3.8) is 0 Å². The Labute approximate surface area is 131 Å². The van der Waals surface area contributed by atoms with Crippen molar-refractivity contribution < 1.29 is 0 Å². The van der Waals surface area contributed by atoms with E-state index >= 15 is 0 Å². The van der Waals surface area contributed by atoms with Crippen molar-refractivity contribution in [2.75, 3.05) is 18.5 Å². The highest BCUT2D eigenvalue weighted by Crippen LogP contribution is 2.27. The Morgan fingerprint density at radius 1 is 1.38 bits per heavy atom. The molecule has 0 amide bonds. The molecule has 1 aromatic carbocycles. The molecule has 0 saturated carbocycles. The molecular weight excluding hydrogens is 284 g/mol. The first-order valence-corrected chi connectivity index (χ1v) is 7.66. The molecule has 0 aliphatic carbocycles. The van der Waals surface area contributed by atoms with Gasteiger partial charge in [0.25, 0.3) is 0 Å². The smallest absolute Gasteiger partial charge is 0.127 e. The topological polar surface area (TPSA) is 33.1 Å². The number of anilines is 1. The molecule has 0 atom stereocenters. The van der Waals surface area contributed by atoms with Crippen molar-refractivity contribution in [1.82, 2.24) is 14.9 Å². The van der Waals surface area contributed by atoms with Crippen molar-refractivity contribution in [3.8, 4) is 0 Å². The Hall–Kier alpha value is -1.52. The van der Waals surface area contributed by atoms with Gasteiger partial charge in [-0.3, -0.25) is 0 Å². The van der Waals surface area contributed by atoms with Crippen molar-refractivity contribution >= 4 is 17.3 Å². The highest BCUT2D eigenvalue weighted by molar-refractivity contribution is 6.33. The third kappa shape index (κ3) is 4.22. The molecule has 114 valence electrons. The maximum Gasteiger partial charge on any atom is 0.127 e. The summed E-state index contributed by atoms with van der Waals surface area (Å²) in [6.45, 7) is 4.78. The summed E-state index contributed by atoms with van der Waals surface area (Å²) < 4.78 is 2.02. The van der Waals surface area contributed by atoms with E-state index in [9.17, 15) is 0 Å². The SMILES string of the molecule is CCCNCc1ccc(N(C)Cc2nccn2C)c(Cl)c1. The van der Waals surface area contributed by atoms with E-state index in [-0.39, 0.29) is 0 Å². The lowest BCUT2D eigenvalue weighted by molar-refractivity contribution is 0.675. The average molecular weight is 307 g/mol. The second-order valence-corrected chi connectivity index (χ2v) is 5.68. The molecule has 1 N–H and O–H groups in total. The lowest BCUT2D eigenvalue weighted by Gasteiger charge is -2.21. The van der Waals surface area contributed by atoms with E-state index in [1.54, 1.807) is 0 Å². The Bertz CT molecular complexity index is 579. The van der Waals surface area contributed by atoms with Gasteiger partial charge in [0.15, 0.2) is 0 Å². The quantitative estimate of drug-likeness (QED) is 0.797. The summed E-state index contributed by atoms with van der Waals surface area (Å²) >= 11 is 6.42. The van der Waals surface area contributed by atoms with Gasteiger partial charge >= 0.3 is 0 Å². The van der Waals surface area contributed by atoms with Crippen LogP contribution in [0, 0.1) is 0 Å². The minimum absolute atomic E-state index is 0.733. The molecule has 0 radical (unpaired) electrons. The second-order valence-electron chi connectivity index (χ2n) is 5.27. The third-order valence-electron chi connectivity index (χ3n) is 3.48. The van der Waals surface area contributed by atoms with Crippen LogP contribution >= 0.6 is 11.6 Å². The first kappa shape index (κ1) is 15.9. The lowest BCUT2D eigenvalue weighted by atomic mass is 10.2. The molecule has 2 aromatic rings. The molecule has 0 saturated heterocycles. The van der Waals surface area contributed by atoms with Gasteiger partial charge in [0.2, 0.25) is 0 Å². The van der Waals surface area contributed by atoms with Crippen LogP contribution in [-0.4, -0.2) is 23.1 Å². The van der Waals surface area contributed by atoms with Gasteiger partial charge in [-0.25, -0.2) is 4.98 Å². The molecule has 0 fully saturated rings. The van der Waals surface area contributed by atoms with Crippen LogP contribution in [0.3, 0.4) is 0 Å². The fourth-order valence-corrected chi connectivity index (χ4v) is 2.57. The summed E-state index contributed by atoms with van der Waals surface area (Å²) in [5, 5.41) is 4.17. The third-order valence-corrected chi connectivity index (χ3v) is 3.78. The summed E-state index contributed by atoms with van der Waals surface area (Å²) in [7, 11) is 4.03. The van der Waals surface area contributed by atoms with Gasteiger partial charge in [-0.1, -0.05) is 24.6 Å². The second kappa shape index (κ2) is 7.48. The number of benzene rings is 1. The Balaban J connectivity index is 2.04. The summed E-state index contributed by atoms with van der Waals surface area (Å²) in [6, 6.07) is 6.24. The zero-order chi connectivity index (χ0) is 15.2. The van der Waals surface area contributed by atoms with Crippen LogP contribution in [-0.2, 0) is 20.1 Å². The van der Waals surface area contributed by atoms with Crippen LogP contribution in [0.1, 0.15) is 24.7 Å². The van der Waals surface area contributed by atoms with Crippen LogP contribution < -0.4 is 10.2 Å². The Kier molecular flexibility index (Phi) is 5.65. The zero-order valence-electron chi connectivity index (χ0n) is 12.9. The van der Waals surface area contributed by atoms with Gasteiger partial charge in [-0.05, 0) is 30.7 Å². The number of nitrogens with one attached hydrogen (secondary N) is 1. The van der Waals surface area contributed by atoms with Crippen LogP contribution in [0.15, 0.2) is 30.6 Å². The molecule has 0 bridgehead atoms. The fraction of sp³-hybridized carbons (Fsp3) is 0.438. The van der Waals surface area contributed by atoms with Gasteiger partial charge in [0.1, 0.15) is 5.82 Å². The van der Waals surface area contributed by atoms with Gasteiger partial charge < -0.3 is 14.8 Å². The number of imidazole rings is 1. The number of aromatic nitrogens is 2. The minimum Gasteiger partial charge on any atom is -0.366 e. The molecular formula is C16H23ClN4. The Morgan fingerprint density at radius 2 is 2.19 bits per heavy atom. The van der Waals surface area contributed by atoms with Crippen molar-refractivity contribution in [2.24, 2.45) is 7.05 Å². The predicted molar refractivity (Wildman–Crippen MR) is 88.8 cm³/mol. The van der Waals surface area contributed by atoms with Gasteiger partial charge in [0, 0.05) is 33.0 Å². The van der Waals surface area contributed by atoms with E-state index in [2.05, 4.69) is 34.3 Å². The first-order valence-electron chi connectivity index (χ1n) is 7.28. The molecule has 0 spiro atoms. The maximum absolute atomic E-state index is 6.42. The van der Waals surface area contributed by atoms with Gasteiger partial charge in [-0.2, -0.15) is 0 Å². The molecule has 21 heavy (non-hydrogen) atoms. The van der Waals surface area contributed by atoms with E-state index in [1.165, 1.54) is 5.56 Å². The first-order chi connectivity index (χ1) is 10.1. The van der Waals surface area contributed by atoms with Crippen molar-refractivity contribution in [1.29, 1.82) is 0 Å². The standard InChI is InChI=1S/C16H23ClN4/c1-4-7-18-11-13-5-6-15(14(17)10-13)21(3)12-16-19-8-9-20(16)2/h5-6,8-10,18H,4,7,11-12H2,1-3H3. The predicted octanol–water partition coefficient (Wildman–Crippen LogP) is 3.21. The summed E-state index contributed by atoms with van der Waals surface area (Å²) in [5.41, 5.74) is 2.24. The summed E-state index contributed by atoms with van der Waals surface area (Å²) in [6.07, 6.45) is 4.90. The number of hydrogen-bond acceptors (Lipinski definition) is 3. The normalized spacial score (nSPS) is 10.9. The highest BCUT2D eigenvalue weighted by atomic mass is 35.5. The van der Waals surface area contributed by atoms with Crippen LogP contribution in [0.4, 0.5) is 5.69 Å². The molecule has 1 heterocycles. The molecule has 5 heteroatoms. The van der Waals surface area contributed by atoms with Crippen LogP contribution in [0.25, 0.3) is 0 Å². The number of nitrogens with zero attached hydrogens (tertiary/aromatic N) is 3. The molecule has 0 unspecified atom stereocenters. The largest absolute Gasteiger partial charge is 0.366 e. The van der Waals surface area contributed by atoms with E-state index in [4.69, 9.17) is 11.6 Å². The van der Waals surface area contributed by atoms with Crippen LogP contribution in [0.2, 0.25) is 5.02 Å². The molecule has 1 aromatic heterocycles. The van der Waals surface area contributed by atoms with E-state index in [0.717, 1.165) is 42.6 Å². The Morgan fingerprint density at radius 3 is 2.81 bits per heavy atom.